The Morgan fingerprint density at radius 3 is 2.30 bits per heavy atom. The van der Waals surface area contributed by atoms with Gasteiger partial charge in [-0.2, -0.15) is 13.2 Å². The SMILES string of the molecule is Nc1cc(-c2nc(Nc3ccc(F)c(F)c3)c3ccccc3n2)ccn1.O=C(O)C(F)(F)F. The normalized spacial score (nSPS) is 10.9. The van der Waals surface area contributed by atoms with Gasteiger partial charge < -0.3 is 16.2 Å². The van der Waals surface area contributed by atoms with E-state index in [0.29, 0.717) is 34.2 Å². The van der Waals surface area contributed by atoms with E-state index in [0.717, 1.165) is 17.5 Å². The molecule has 0 aliphatic rings. The van der Waals surface area contributed by atoms with Gasteiger partial charge in [0, 0.05) is 28.9 Å². The summed E-state index contributed by atoms with van der Waals surface area (Å²) in [6.07, 6.45) is -3.51. The van der Waals surface area contributed by atoms with Gasteiger partial charge in [-0.15, -0.1) is 0 Å². The number of fused-ring (bicyclic) bond motifs is 1. The second-order valence-electron chi connectivity index (χ2n) is 6.44. The monoisotopic (exact) mass is 463 g/mol. The van der Waals surface area contributed by atoms with Gasteiger partial charge in [0.05, 0.1) is 5.52 Å². The molecule has 2 heterocycles. The molecule has 7 nitrogen and oxygen atoms in total. The fourth-order valence-corrected chi connectivity index (χ4v) is 2.60. The van der Waals surface area contributed by atoms with Gasteiger partial charge in [0.2, 0.25) is 0 Å². The molecule has 0 aliphatic heterocycles. The first-order valence-corrected chi connectivity index (χ1v) is 9.05. The molecular weight excluding hydrogens is 449 g/mol. The van der Waals surface area contributed by atoms with E-state index >= 15 is 0 Å². The van der Waals surface area contributed by atoms with Gasteiger partial charge in [-0.05, 0) is 36.4 Å². The topological polar surface area (TPSA) is 114 Å². The first-order valence-electron chi connectivity index (χ1n) is 9.05. The predicted molar refractivity (Wildman–Crippen MR) is 111 cm³/mol. The molecule has 33 heavy (non-hydrogen) atoms. The third-order valence-electron chi connectivity index (χ3n) is 4.07. The van der Waals surface area contributed by atoms with Crippen LogP contribution < -0.4 is 11.1 Å². The third kappa shape index (κ3) is 5.87. The van der Waals surface area contributed by atoms with Crippen molar-refractivity contribution in [3.05, 3.63) is 72.4 Å². The van der Waals surface area contributed by atoms with E-state index in [1.165, 1.54) is 6.07 Å². The van der Waals surface area contributed by atoms with E-state index in [2.05, 4.69) is 20.3 Å². The van der Waals surface area contributed by atoms with Crippen LogP contribution in [0.3, 0.4) is 0 Å². The molecule has 4 N–H and O–H groups in total. The molecule has 0 saturated heterocycles. The molecule has 4 aromatic rings. The van der Waals surface area contributed by atoms with Crippen LogP contribution in [-0.4, -0.2) is 32.2 Å². The number of aliphatic carboxylic acids is 1. The van der Waals surface area contributed by atoms with Crippen molar-refractivity contribution in [3.8, 4) is 11.4 Å². The lowest BCUT2D eigenvalue weighted by Crippen LogP contribution is -2.21. The minimum Gasteiger partial charge on any atom is -0.475 e. The summed E-state index contributed by atoms with van der Waals surface area (Å²) in [6, 6.07) is 14.4. The van der Waals surface area contributed by atoms with Crippen molar-refractivity contribution in [2.45, 2.75) is 6.18 Å². The first-order chi connectivity index (χ1) is 15.5. The highest BCUT2D eigenvalue weighted by Gasteiger charge is 2.38. The Hall–Kier alpha value is -4.35. The van der Waals surface area contributed by atoms with Gasteiger partial charge in [-0.1, -0.05) is 12.1 Å². The van der Waals surface area contributed by atoms with Gasteiger partial charge in [0.25, 0.3) is 0 Å². The fourth-order valence-electron chi connectivity index (χ4n) is 2.60. The molecule has 0 spiro atoms. The van der Waals surface area contributed by atoms with Crippen LogP contribution in [0.4, 0.5) is 39.3 Å². The molecule has 0 atom stereocenters. The molecule has 12 heteroatoms. The molecule has 0 aliphatic carbocycles. The number of nitrogen functional groups attached to an aromatic ring is 1. The number of hydrogen-bond donors (Lipinski definition) is 3. The zero-order valence-electron chi connectivity index (χ0n) is 16.4. The summed E-state index contributed by atoms with van der Waals surface area (Å²) in [7, 11) is 0. The van der Waals surface area contributed by atoms with Crippen molar-refractivity contribution in [2.24, 2.45) is 0 Å². The number of hydrogen-bond acceptors (Lipinski definition) is 6. The van der Waals surface area contributed by atoms with Crippen LogP contribution in [-0.2, 0) is 4.79 Å². The number of halogens is 5. The zero-order valence-corrected chi connectivity index (χ0v) is 16.4. The third-order valence-corrected chi connectivity index (χ3v) is 4.07. The fraction of sp³-hybridized carbons (Fsp3) is 0.0476. The molecular formula is C21H14F5N5O2. The molecule has 170 valence electrons. The van der Waals surface area contributed by atoms with E-state index in [4.69, 9.17) is 15.6 Å². The Balaban J connectivity index is 0.000000383. The Kier molecular flexibility index (Phi) is 6.66. The Labute approximate surface area is 182 Å². The predicted octanol–water partition coefficient (Wildman–Crippen LogP) is 4.93. The summed E-state index contributed by atoms with van der Waals surface area (Å²) in [4.78, 5) is 22.0. The molecule has 0 amide bonds. The van der Waals surface area contributed by atoms with Crippen molar-refractivity contribution in [1.29, 1.82) is 0 Å². The maximum atomic E-state index is 13.5. The maximum absolute atomic E-state index is 13.5. The molecule has 0 unspecified atom stereocenters. The van der Waals surface area contributed by atoms with E-state index in [1.54, 1.807) is 18.3 Å². The van der Waals surface area contributed by atoms with E-state index in [9.17, 15) is 22.0 Å². The van der Waals surface area contributed by atoms with Crippen molar-refractivity contribution in [2.75, 3.05) is 11.1 Å². The Morgan fingerprint density at radius 1 is 0.970 bits per heavy atom. The number of carboxylic acids is 1. The lowest BCUT2D eigenvalue weighted by Gasteiger charge is -2.11. The lowest BCUT2D eigenvalue weighted by molar-refractivity contribution is -0.192. The highest BCUT2D eigenvalue weighted by atomic mass is 19.4. The number of alkyl halides is 3. The largest absolute Gasteiger partial charge is 0.490 e. The van der Waals surface area contributed by atoms with E-state index in [-0.39, 0.29) is 0 Å². The lowest BCUT2D eigenvalue weighted by atomic mass is 10.2. The number of nitrogens with zero attached hydrogens (tertiary/aromatic N) is 3. The quantitative estimate of drug-likeness (QED) is 0.369. The number of nitrogens with two attached hydrogens (primary N) is 1. The van der Waals surface area contributed by atoms with Crippen LogP contribution in [0.25, 0.3) is 22.3 Å². The average molecular weight is 463 g/mol. The van der Waals surface area contributed by atoms with Crippen LogP contribution >= 0.6 is 0 Å². The highest BCUT2D eigenvalue weighted by molar-refractivity contribution is 5.92. The van der Waals surface area contributed by atoms with Crippen molar-refractivity contribution < 1.29 is 31.9 Å². The zero-order chi connectivity index (χ0) is 24.2. The van der Waals surface area contributed by atoms with Gasteiger partial charge in [-0.3, -0.25) is 0 Å². The summed E-state index contributed by atoms with van der Waals surface area (Å²) in [5, 5.41) is 10.9. The smallest absolute Gasteiger partial charge is 0.475 e. The van der Waals surface area contributed by atoms with Crippen molar-refractivity contribution in [1.82, 2.24) is 15.0 Å². The minimum absolute atomic E-state index is 0.356. The number of anilines is 3. The van der Waals surface area contributed by atoms with Crippen LogP contribution in [0.15, 0.2) is 60.8 Å². The second-order valence-corrected chi connectivity index (χ2v) is 6.44. The van der Waals surface area contributed by atoms with Gasteiger partial charge in [0.1, 0.15) is 11.6 Å². The minimum atomic E-state index is -5.08. The number of pyridine rings is 1. The van der Waals surface area contributed by atoms with Crippen molar-refractivity contribution in [3.63, 3.8) is 0 Å². The molecule has 0 saturated carbocycles. The molecule has 2 aromatic carbocycles. The standard InChI is InChI=1S/C19H13F2N5.C2HF3O2/c20-14-6-5-12(10-15(14)21)24-19-13-3-1-2-4-16(13)25-18(26-19)11-7-8-23-17(22)9-11;3-2(4,5)1(6)7/h1-10H,(H2,22,23)(H,24,25,26);(H,6,7). The molecule has 2 aromatic heterocycles. The number of benzene rings is 2. The van der Waals surface area contributed by atoms with Crippen LogP contribution in [0.1, 0.15) is 0 Å². The average Bonchev–Trinajstić information content (AvgIpc) is 2.76. The summed E-state index contributed by atoms with van der Waals surface area (Å²) in [6.45, 7) is 0. The van der Waals surface area contributed by atoms with Gasteiger partial charge >= 0.3 is 12.1 Å². The number of para-hydroxylation sites is 1. The van der Waals surface area contributed by atoms with E-state index in [1.807, 2.05) is 24.3 Å². The Morgan fingerprint density at radius 2 is 1.67 bits per heavy atom. The summed E-state index contributed by atoms with van der Waals surface area (Å²) >= 11 is 0. The molecule has 4 rings (SSSR count). The first kappa shape index (κ1) is 23.3. The number of nitrogens with one attached hydrogen (secondary N) is 1. The number of carbonyl (C=O) groups is 1. The van der Waals surface area contributed by atoms with Crippen molar-refractivity contribution >= 4 is 34.2 Å². The number of aromatic nitrogens is 3. The van der Waals surface area contributed by atoms with Crippen LogP contribution in [0, 0.1) is 11.6 Å². The maximum Gasteiger partial charge on any atom is 0.490 e. The van der Waals surface area contributed by atoms with Gasteiger partial charge in [0.15, 0.2) is 17.5 Å². The highest BCUT2D eigenvalue weighted by Crippen LogP contribution is 2.28. The van der Waals surface area contributed by atoms with E-state index < -0.39 is 23.8 Å². The van der Waals surface area contributed by atoms with Gasteiger partial charge in [-0.25, -0.2) is 28.5 Å². The summed E-state index contributed by atoms with van der Waals surface area (Å²) < 4.78 is 58.4. The van der Waals surface area contributed by atoms with Crippen LogP contribution in [0.5, 0.6) is 0 Å². The number of carboxylic acid groups (broad SMARTS) is 1. The summed E-state index contributed by atoms with van der Waals surface area (Å²) in [5.41, 5.74) is 7.54. The molecule has 0 fully saturated rings. The molecule has 0 radical (unpaired) electrons. The Bertz CT molecular complexity index is 1310. The van der Waals surface area contributed by atoms with Crippen LogP contribution in [0.2, 0.25) is 0 Å². The summed E-state index contributed by atoms with van der Waals surface area (Å²) in [5.74, 6) is -3.32. The molecule has 0 bridgehead atoms. The number of rotatable bonds is 3. The second kappa shape index (κ2) is 9.42.